The van der Waals surface area contributed by atoms with Gasteiger partial charge in [0.25, 0.3) is 0 Å². The summed E-state index contributed by atoms with van der Waals surface area (Å²) in [4.78, 5) is 2.55. The average Bonchev–Trinajstić information content (AvgIpc) is 2.76. The van der Waals surface area contributed by atoms with Gasteiger partial charge >= 0.3 is 0 Å². The van der Waals surface area contributed by atoms with Crippen LogP contribution in [0.4, 0.5) is 0 Å². The topological polar surface area (TPSA) is 26.0 Å². The Morgan fingerprint density at radius 3 is 2.71 bits per heavy atom. The second-order valence-corrected chi connectivity index (χ2v) is 6.27. The number of hydrogen-bond acceptors (Lipinski definition) is 2. The van der Waals surface area contributed by atoms with Crippen molar-refractivity contribution in [2.45, 2.75) is 26.3 Å². The first kappa shape index (κ1) is 12.8. The number of thiophene rings is 1. The van der Waals surface area contributed by atoms with E-state index in [1.165, 1.54) is 20.9 Å². The van der Waals surface area contributed by atoms with E-state index in [0.717, 1.165) is 10.9 Å². The standard InChI is InChI=1S/C14H16BrNS/c1-3-12(16)14-5-4-13(17-14)10-6-9(2)7-11(15)8-10/h4-8,12H,3,16H2,1-2H3. The van der Waals surface area contributed by atoms with Crippen molar-refractivity contribution in [3.05, 3.63) is 45.2 Å². The molecule has 0 saturated heterocycles. The molecule has 1 aromatic carbocycles. The molecule has 2 rings (SSSR count). The summed E-state index contributed by atoms with van der Waals surface area (Å²) in [6.45, 7) is 4.23. The highest BCUT2D eigenvalue weighted by Crippen LogP contribution is 2.33. The Bertz CT molecular complexity index is 498. The minimum Gasteiger partial charge on any atom is -0.323 e. The first-order valence-electron chi connectivity index (χ1n) is 5.73. The molecule has 1 aromatic heterocycles. The molecule has 0 aliphatic heterocycles. The molecular formula is C14H16BrNS. The highest BCUT2D eigenvalue weighted by molar-refractivity contribution is 9.10. The largest absolute Gasteiger partial charge is 0.323 e. The van der Waals surface area contributed by atoms with Crippen molar-refractivity contribution < 1.29 is 0 Å². The van der Waals surface area contributed by atoms with E-state index in [1.54, 1.807) is 11.3 Å². The number of aryl methyl sites for hydroxylation is 1. The molecule has 0 fully saturated rings. The van der Waals surface area contributed by atoms with E-state index in [4.69, 9.17) is 5.73 Å². The van der Waals surface area contributed by atoms with E-state index in [9.17, 15) is 0 Å². The van der Waals surface area contributed by atoms with Crippen LogP contribution in [0.15, 0.2) is 34.8 Å². The van der Waals surface area contributed by atoms with Crippen molar-refractivity contribution in [1.29, 1.82) is 0 Å². The Morgan fingerprint density at radius 2 is 2.06 bits per heavy atom. The van der Waals surface area contributed by atoms with E-state index in [-0.39, 0.29) is 6.04 Å². The molecule has 1 unspecified atom stereocenters. The van der Waals surface area contributed by atoms with Gasteiger partial charge in [-0.3, -0.25) is 0 Å². The molecule has 0 aliphatic carbocycles. The fourth-order valence-electron chi connectivity index (χ4n) is 1.79. The minimum absolute atomic E-state index is 0.169. The Hall–Kier alpha value is -0.640. The van der Waals surface area contributed by atoms with Crippen LogP contribution in [0.1, 0.15) is 29.8 Å². The SMILES string of the molecule is CCC(N)c1ccc(-c2cc(C)cc(Br)c2)s1. The molecule has 1 atom stereocenters. The fraction of sp³-hybridized carbons (Fsp3) is 0.286. The van der Waals surface area contributed by atoms with Crippen LogP contribution in [-0.2, 0) is 0 Å². The third-order valence-electron chi connectivity index (χ3n) is 2.76. The molecule has 90 valence electrons. The van der Waals surface area contributed by atoms with Crippen LogP contribution in [0.3, 0.4) is 0 Å². The van der Waals surface area contributed by atoms with Crippen molar-refractivity contribution in [3.63, 3.8) is 0 Å². The predicted molar refractivity (Wildman–Crippen MR) is 79.4 cm³/mol. The van der Waals surface area contributed by atoms with Gasteiger partial charge < -0.3 is 5.73 Å². The van der Waals surface area contributed by atoms with E-state index in [2.05, 4.69) is 60.1 Å². The van der Waals surface area contributed by atoms with Crippen LogP contribution in [0, 0.1) is 6.92 Å². The molecule has 1 heterocycles. The summed E-state index contributed by atoms with van der Waals surface area (Å²) in [7, 11) is 0. The molecule has 2 aromatic rings. The number of nitrogens with two attached hydrogens (primary N) is 1. The van der Waals surface area contributed by atoms with Gasteiger partial charge in [0.1, 0.15) is 0 Å². The molecule has 3 heteroatoms. The van der Waals surface area contributed by atoms with E-state index in [0.29, 0.717) is 0 Å². The van der Waals surface area contributed by atoms with Gasteiger partial charge in [0.05, 0.1) is 0 Å². The summed E-state index contributed by atoms with van der Waals surface area (Å²) in [5.74, 6) is 0. The monoisotopic (exact) mass is 309 g/mol. The minimum atomic E-state index is 0.169. The smallest absolute Gasteiger partial charge is 0.0387 e. The van der Waals surface area contributed by atoms with Gasteiger partial charge in [-0.1, -0.05) is 28.9 Å². The molecule has 0 saturated carbocycles. The van der Waals surface area contributed by atoms with Gasteiger partial charge in [-0.05, 0) is 48.7 Å². The lowest BCUT2D eigenvalue weighted by molar-refractivity contribution is 0.712. The van der Waals surface area contributed by atoms with Crippen molar-refractivity contribution in [1.82, 2.24) is 0 Å². The quantitative estimate of drug-likeness (QED) is 0.857. The maximum Gasteiger partial charge on any atom is 0.0387 e. The van der Waals surface area contributed by atoms with E-state index >= 15 is 0 Å². The normalized spacial score (nSPS) is 12.7. The second-order valence-electron chi connectivity index (χ2n) is 4.23. The first-order chi connectivity index (χ1) is 8.10. The summed E-state index contributed by atoms with van der Waals surface area (Å²) in [5.41, 5.74) is 8.57. The zero-order valence-corrected chi connectivity index (χ0v) is 12.4. The summed E-state index contributed by atoms with van der Waals surface area (Å²) in [6.07, 6.45) is 0.984. The van der Waals surface area contributed by atoms with Crippen molar-refractivity contribution >= 4 is 27.3 Å². The predicted octanol–water partition coefficient (Wildman–Crippen LogP) is 4.90. The summed E-state index contributed by atoms with van der Waals surface area (Å²) >= 11 is 5.33. The van der Waals surface area contributed by atoms with Gasteiger partial charge in [0, 0.05) is 20.3 Å². The van der Waals surface area contributed by atoms with Crippen molar-refractivity contribution in [2.24, 2.45) is 5.73 Å². The molecule has 0 spiro atoms. The van der Waals surface area contributed by atoms with Gasteiger partial charge in [-0.25, -0.2) is 0 Å². The molecule has 17 heavy (non-hydrogen) atoms. The maximum absolute atomic E-state index is 6.05. The van der Waals surface area contributed by atoms with Crippen molar-refractivity contribution in [3.8, 4) is 10.4 Å². The zero-order chi connectivity index (χ0) is 12.4. The molecule has 0 radical (unpaired) electrons. The first-order valence-corrected chi connectivity index (χ1v) is 7.34. The van der Waals surface area contributed by atoms with Crippen LogP contribution in [0.25, 0.3) is 10.4 Å². The number of benzene rings is 1. The Labute approximate surface area is 115 Å². The van der Waals surface area contributed by atoms with Gasteiger partial charge in [-0.2, -0.15) is 0 Å². The van der Waals surface area contributed by atoms with Crippen LogP contribution >= 0.6 is 27.3 Å². The molecule has 2 N–H and O–H groups in total. The number of rotatable bonds is 3. The molecule has 0 bridgehead atoms. The third-order valence-corrected chi connectivity index (χ3v) is 4.48. The van der Waals surface area contributed by atoms with Crippen LogP contribution in [0.5, 0.6) is 0 Å². The second kappa shape index (κ2) is 5.34. The van der Waals surface area contributed by atoms with Gasteiger partial charge in [-0.15, -0.1) is 11.3 Å². The van der Waals surface area contributed by atoms with E-state index in [1.807, 2.05) is 0 Å². The third kappa shape index (κ3) is 2.97. The Balaban J connectivity index is 2.36. The average molecular weight is 310 g/mol. The number of hydrogen-bond donors (Lipinski definition) is 1. The summed E-state index contributed by atoms with van der Waals surface area (Å²) < 4.78 is 1.13. The van der Waals surface area contributed by atoms with Crippen LogP contribution in [0.2, 0.25) is 0 Å². The molecule has 0 aliphatic rings. The number of halogens is 1. The Morgan fingerprint density at radius 1 is 1.29 bits per heavy atom. The van der Waals surface area contributed by atoms with E-state index < -0.39 is 0 Å². The highest BCUT2D eigenvalue weighted by atomic mass is 79.9. The highest BCUT2D eigenvalue weighted by Gasteiger charge is 2.08. The molecular weight excluding hydrogens is 294 g/mol. The van der Waals surface area contributed by atoms with Crippen LogP contribution < -0.4 is 5.73 Å². The van der Waals surface area contributed by atoms with Crippen LogP contribution in [-0.4, -0.2) is 0 Å². The lowest BCUT2D eigenvalue weighted by Crippen LogP contribution is -2.05. The lowest BCUT2D eigenvalue weighted by Gasteiger charge is -2.04. The zero-order valence-electron chi connectivity index (χ0n) is 10.0. The van der Waals surface area contributed by atoms with Gasteiger partial charge in [0.2, 0.25) is 0 Å². The summed E-state index contributed by atoms with van der Waals surface area (Å²) in [5, 5.41) is 0. The fourth-order valence-corrected chi connectivity index (χ4v) is 3.47. The lowest BCUT2D eigenvalue weighted by atomic mass is 10.1. The maximum atomic E-state index is 6.05. The van der Waals surface area contributed by atoms with Crippen molar-refractivity contribution in [2.75, 3.05) is 0 Å². The van der Waals surface area contributed by atoms with Gasteiger partial charge in [0.15, 0.2) is 0 Å². The summed E-state index contributed by atoms with van der Waals surface area (Å²) in [6, 6.07) is 11.0. The molecule has 1 nitrogen and oxygen atoms in total. The Kier molecular flexibility index (Phi) is 4.02. The molecule has 0 amide bonds.